The molecule has 1 amide bonds. The zero-order valence-corrected chi connectivity index (χ0v) is 16.2. The van der Waals surface area contributed by atoms with Crippen molar-refractivity contribution in [1.29, 1.82) is 0 Å². The first-order valence-corrected chi connectivity index (χ1v) is 9.07. The summed E-state index contributed by atoms with van der Waals surface area (Å²) in [5, 5.41) is 9.30. The molecule has 0 spiro atoms. The minimum absolute atomic E-state index is 0.0498. The molecule has 0 radical (unpaired) electrons. The normalized spacial score (nSPS) is 10.6. The van der Waals surface area contributed by atoms with E-state index in [-0.39, 0.29) is 18.8 Å². The molecule has 150 valence electrons. The molecule has 8 heteroatoms. The summed E-state index contributed by atoms with van der Waals surface area (Å²) in [4.78, 5) is 35.9. The van der Waals surface area contributed by atoms with Crippen molar-refractivity contribution in [3.05, 3.63) is 69.6 Å². The molecule has 0 unspecified atom stereocenters. The van der Waals surface area contributed by atoms with Crippen molar-refractivity contribution in [3.8, 4) is 5.75 Å². The standard InChI is InChI=1S/C21H21N3O5/c1-13-7-8-17(14(2)11-13)28-10-9-22-18(25)12-29-21(27)19-15-5-3-4-6-16(15)20(26)24-23-19/h3-8,11H,9-10,12H2,1-2H3,(H,22,25)(H,24,26). The first-order chi connectivity index (χ1) is 14.0. The van der Waals surface area contributed by atoms with Gasteiger partial charge in [0, 0.05) is 5.39 Å². The number of ether oxygens (including phenoxy) is 2. The summed E-state index contributed by atoms with van der Waals surface area (Å²) in [6.07, 6.45) is 0. The van der Waals surface area contributed by atoms with E-state index in [1.165, 1.54) is 0 Å². The maximum atomic E-state index is 12.2. The molecular formula is C21H21N3O5. The van der Waals surface area contributed by atoms with E-state index in [1.807, 2.05) is 32.0 Å². The lowest BCUT2D eigenvalue weighted by Crippen LogP contribution is -2.32. The Labute approximate surface area is 166 Å². The molecule has 0 saturated heterocycles. The number of aromatic amines is 1. The maximum absolute atomic E-state index is 12.2. The number of aryl methyl sites for hydroxylation is 2. The van der Waals surface area contributed by atoms with Crippen LogP contribution in [0.5, 0.6) is 5.75 Å². The van der Waals surface area contributed by atoms with Gasteiger partial charge in [-0.25, -0.2) is 9.89 Å². The monoisotopic (exact) mass is 395 g/mol. The molecule has 0 saturated carbocycles. The molecule has 0 aliphatic carbocycles. The molecule has 29 heavy (non-hydrogen) atoms. The van der Waals surface area contributed by atoms with Gasteiger partial charge >= 0.3 is 5.97 Å². The van der Waals surface area contributed by atoms with E-state index in [1.54, 1.807) is 24.3 Å². The average molecular weight is 395 g/mol. The summed E-state index contributed by atoms with van der Waals surface area (Å²) in [5.74, 6) is -0.497. The molecule has 8 nitrogen and oxygen atoms in total. The second-order valence-corrected chi connectivity index (χ2v) is 6.49. The van der Waals surface area contributed by atoms with Crippen LogP contribution in [0.25, 0.3) is 10.8 Å². The highest BCUT2D eigenvalue weighted by atomic mass is 16.5. The van der Waals surface area contributed by atoms with Crippen molar-refractivity contribution in [3.63, 3.8) is 0 Å². The molecule has 0 bridgehead atoms. The SMILES string of the molecule is Cc1ccc(OCCNC(=O)COC(=O)c2n[nH]c(=O)c3ccccc23)c(C)c1. The summed E-state index contributed by atoms with van der Waals surface area (Å²) in [6.45, 7) is 4.05. The van der Waals surface area contributed by atoms with Crippen LogP contribution in [0.1, 0.15) is 21.6 Å². The second-order valence-electron chi connectivity index (χ2n) is 6.49. The van der Waals surface area contributed by atoms with Gasteiger partial charge in [-0.2, -0.15) is 5.10 Å². The number of hydrogen-bond donors (Lipinski definition) is 2. The average Bonchev–Trinajstić information content (AvgIpc) is 2.71. The van der Waals surface area contributed by atoms with Gasteiger partial charge in [0.05, 0.1) is 11.9 Å². The number of amides is 1. The van der Waals surface area contributed by atoms with E-state index < -0.39 is 24.0 Å². The van der Waals surface area contributed by atoms with Crippen LogP contribution in [-0.2, 0) is 9.53 Å². The molecule has 1 heterocycles. The Morgan fingerprint density at radius 2 is 1.86 bits per heavy atom. The summed E-state index contributed by atoms with van der Waals surface area (Å²) >= 11 is 0. The Hall–Kier alpha value is -3.68. The predicted octanol–water partition coefficient (Wildman–Crippen LogP) is 1.89. The van der Waals surface area contributed by atoms with Crippen LogP contribution >= 0.6 is 0 Å². The molecule has 0 aliphatic heterocycles. The van der Waals surface area contributed by atoms with Crippen LogP contribution < -0.4 is 15.6 Å². The van der Waals surface area contributed by atoms with Crippen molar-refractivity contribution in [2.75, 3.05) is 19.8 Å². The number of aromatic nitrogens is 2. The third-order valence-corrected chi connectivity index (χ3v) is 4.24. The number of H-pyrrole nitrogens is 1. The number of fused-ring (bicyclic) bond motifs is 1. The fourth-order valence-electron chi connectivity index (χ4n) is 2.83. The predicted molar refractivity (Wildman–Crippen MR) is 107 cm³/mol. The summed E-state index contributed by atoms with van der Waals surface area (Å²) < 4.78 is 10.6. The number of nitrogens with zero attached hydrogens (tertiary/aromatic N) is 1. The minimum Gasteiger partial charge on any atom is -0.491 e. The van der Waals surface area contributed by atoms with E-state index >= 15 is 0 Å². The zero-order valence-electron chi connectivity index (χ0n) is 16.2. The minimum atomic E-state index is -0.792. The highest BCUT2D eigenvalue weighted by Crippen LogP contribution is 2.18. The first kappa shape index (κ1) is 20.1. The summed E-state index contributed by atoms with van der Waals surface area (Å²) in [6, 6.07) is 12.4. The van der Waals surface area contributed by atoms with Crippen molar-refractivity contribution in [2.45, 2.75) is 13.8 Å². The fourth-order valence-corrected chi connectivity index (χ4v) is 2.83. The number of nitrogens with one attached hydrogen (secondary N) is 2. The van der Waals surface area contributed by atoms with E-state index in [0.717, 1.165) is 16.9 Å². The summed E-state index contributed by atoms with van der Waals surface area (Å²) in [5.41, 5.74) is 1.71. The third kappa shape index (κ3) is 4.98. The van der Waals surface area contributed by atoms with Gasteiger partial charge in [-0.1, -0.05) is 35.9 Å². The molecule has 3 rings (SSSR count). The third-order valence-electron chi connectivity index (χ3n) is 4.24. The molecule has 0 fully saturated rings. The topological polar surface area (TPSA) is 110 Å². The van der Waals surface area contributed by atoms with Gasteiger partial charge in [0.2, 0.25) is 0 Å². The first-order valence-electron chi connectivity index (χ1n) is 9.07. The van der Waals surface area contributed by atoms with Gasteiger partial charge in [-0.15, -0.1) is 0 Å². The Morgan fingerprint density at radius 3 is 2.62 bits per heavy atom. The fraction of sp³-hybridized carbons (Fsp3) is 0.238. The summed E-state index contributed by atoms with van der Waals surface area (Å²) in [7, 11) is 0. The zero-order chi connectivity index (χ0) is 20.8. The van der Waals surface area contributed by atoms with Gasteiger partial charge < -0.3 is 14.8 Å². The quantitative estimate of drug-likeness (QED) is 0.467. The molecule has 0 atom stereocenters. The Balaban J connectivity index is 1.48. The number of carbonyl (C=O) groups is 2. The number of benzene rings is 2. The highest BCUT2D eigenvalue weighted by molar-refractivity contribution is 6.02. The molecular weight excluding hydrogens is 374 g/mol. The number of hydrogen-bond acceptors (Lipinski definition) is 6. The molecule has 2 N–H and O–H groups in total. The van der Waals surface area contributed by atoms with Crippen molar-refractivity contribution >= 4 is 22.6 Å². The number of esters is 1. The number of carbonyl (C=O) groups excluding carboxylic acids is 2. The van der Waals surface area contributed by atoms with Crippen molar-refractivity contribution < 1.29 is 19.1 Å². The van der Waals surface area contributed by atoms with Crippen LogP contribution in [-0.4, -0.2) is 41.8 Å². The maximum Gasteiger partial charge on any atom is 0.359 e. The molecule has 3 aromatic rings. The van der Waals surface area contributed by atoms with E-state index in [9.17, 15) is 14.4 Å². The van der Waals surface area contributed by atoms with Gasteiger partial charge in [-0.3, -0.25) is 9.59 Å². The highest BCUT2D eigenvalue weighted by Gasteiger charge is 2.16. The van der Waals surface area contributed by atoms with Gasteiger partial charge in [0.25, 0.3) is 11.5 Å². The molecule has 0 aliphatic rings. The Bertz CT molecular complexity index is 1110. The van der Waals surface area contributed by atoms with E-state index in [4.69, 9.17) is 9.47 Å². The lowest BCUT2D eigenvalue weighted by Gasteiger charge is -2.11. The van der Waals surface area contributed by atoms with Crippen LogP contribution in [0.3, 0.4) is 0 Å². The largest absolute Gasteiger partial charge is 0.491 e. The van der Waals surface area contributed by atoms with Gasteiger partial charge in [0.1, 0.15) is 12.4 Å². The van der Waals surface area contributed by atoms with Gasteiger partial charge in [0.15, 0.2) is 12.3 Å². The molecule has 1 aromatic heterocycles. The Kier molecular flexibility index (Phi) is 6.23. The smallest absolute Gasteiger partial charge is 0.359 e. The van der Waals surface area contributed by atoms with Gasteiger partial charge in [-0.05, 0) is 31.5 Å². The van der Waals surface area contributed by atoms with Crippen LogP contribution in [0.15, 0.2) is 47.3 Å². The second kappa shape index (κ2) is 9.01. The van der Waals surface area contributed by atoms with Crippen LogP contribution in [0.4, 0.5) is 0 Å². The van der Waals surface area contributed by atoms with E-state index in [2.05, 4.69) is 15.5 Å². The molecule has 2 aromatic carbocycles. The van der Waals surface area contributed by atoms with Crippen molar-refractivity contribution in [2.24, 2.45) is 0 Å². The Morgan fingerprint density at radius 1 is 1.10 bits per heavy atom. The lowest BCUT2D eigenvalue weighted by atomic mass is 10.1. The van der Waals surface area contributed by atoms with Crippen LogP contribution in [0, 0.1) is 13.8 Å². The number of rotatable bonds is 7. The van der Waals surface area contributed by atoms with Crippen molar-refractivity contribution in [1.82, 2.24) is 15.5 Å². The lowest BCUT2D eigenvalue weighted by molar-refractivity contribution is -0.124. The van der Waals surface area contributed by atoms with Crippen LogP contribution in [0.2, 0.25) is 0 Å². The van der Waals surface area contributed by atoms with E-state index in [0.29, 0.717) is 10.8 Å².